The molecule has 1 aromatic rings. The van der Waals surface area contributed by atoms with Gasteiger partial charge in [0.2, 0.25) is 0 Å². The molecule has 9 heteroatoms. The summed E-state index contributed by atoms with van der Waals surface area (Å²) in [4.78, 5) is 22.8. The predicted octanol–water partition coefficient (Wildman–Crippen LogP) is 1.08. The summed E-state index contributed by atoms with van der Waals surface area (Å²) in [5, 5.41) is 3.97. The number of primary amides is 1. The van der Waals surface area contributed by atoms with Crippen LogP contribution in [0, 0.1) is 0 Å². The lowest BCUT2D eigenvalue weighted by Crippen LogP contribution is -2.45. The SMILES string of the molecule is NC(=O)n1ccc(C2CCN(C(=O)C(F)(F)F)CC2)n1. The summed E-state index contributed by atoms with van der Waals surface area (Å²) in [6, 6.07) is 0.886. The van der Waals surface area contributed by atoms with Gasteiger partial charge in [-0.2, -0.15) is 23.0 Å². The molecular formula is C11H13F3N4O2. The van der Waals surface area contributed by atoms with E-state index in [1.165, 1.54) is 6.20 Å². The van der Waals surface area contributed by atoms with Crippen molar-refractivity contribution >= 4 is 11.9 Å². The first kappa shape index (κ1) is 14.4. The highest BCUT2D eigenvalue weighted by atomic mass is 19.4. The molecule has 0 atom stereocenters. The van der Waals surface area contributed by atoms with Crippen LogP contribution in [0.4, 0.5) is 18.0 Å². The number of aromatic nitrogens is 2. The van der Waals surface area contributed by atoms with Crippen LogP contribution in [-0.2, 0) is 4.79 Å². The quantitative estimate of drug-likeness (QED) is 0.840. The predicted molar refractivity (Wildman–Crippen MR) is 61.8 cm³/mol. The van der Waals surface area contributed by atoms with Gasteiger partial charge in [0.25, 0.3) is 0 Å². The average Bonchev–Trinajstić information content (AvgIpc) is 2.86. The van der Waals surface area contributed by atoms with Gasteiger partial charge in [-0.15, -0.1) is 0 Å². The van der Waals surface area contributed by atoms with Crippen LogP contribution in [0.2, 0.25) is 0 Å². The second-order valence-corrected chi connectivity index (χ2v) is 4.59. The van der Waals surface area contributed by atoms with Crippen LogP contribution >= 0.6 is 0 Å². The van der Waals surface area contributed by atoms with Crippen LogP contribution in [0.3, 0.4) is 0 Å². The first-order valence-corrected chi connectivity index (χ1v) is 6.00. The van der Waals surface area contributed by atoms with Crippen LogP contribution in [-0.4, -0.2) is 45.9 Å². The number of amides is 2. The van der Waals surface area contributed by atoms with E-state index in [-0.39, 0.29) is 19.0 Å². The van der Waals surface area contributed by atoms with Gasteiger partial charge in [0, 0.05) is 25.2 Å². The first-order chi connectivity index (χ1) is 9.29. The van der Waals surface area contributed by atoms with Gasteiger partial charge < -0.3 is 10.6 Å². The first-order valence-electron chi connectivity index (χ1n) is 6.00. The molecule has 0 aliphatic carbocycles. The molecular weight excluding hydrogens is 277 g/mol. The Bertz CT molecular complexity index is 518. The molecule has 0 spiro atoms. The lowest BCUT2D eigenvalue weighted by Gasteiger charge is -2.31. The summed E-state index contributed by atoms with van der Waals surface area (Å²) in [5.41, 5.74) is 5.65. The fraction of sp³-hybridized carbons (Fsp3) is 0.545. The van der Waals surface area contributed by atoms with Crippen molar-refractivity contribution in [2.24, 2.45) is 5.73 Å². The summed E-state index contributed by atoms with van der Waals surface area (Å²) in [7, 11) is 0. The van der Waals surface area contributed by atoms with Crippen LogP contribution in [0.25, 0.3) is 0 Å². The maximum Gasteiger partial charge on any atom is 0.471 e. The second kappa shape index (κ2) is 5.14. The molecule has 1 aromatic heterocycles. The lowest BCUT2D eigenvalue weighted by atomic mass is 9.93. The Labute approximate surface area is 112 Å². The molecule has 2 N–H and O–H groups in total. The number of likely N-dealkylation sites (tertiary alicyclic amines) is 1. The fourth-order valence-corrected chi connectivity index (χ4v) is 2.24. The molecule has 0 unspecified atom stereocenters. The molecule has 110 valence electrons. The Morgan fingerprint density at radius 1 is 1.30 bits per heavy atom. The van der Waals surface area contributed by atoms with E-state index in [1.807, 2.05) is 0 Å². The molecule has 2 amide bonds. The minimum absolute atomic E-state index is 0.0203. The van der Waals surface area contributed by atoms with E-state index >= 15 is 0 Å². The van der Waals surface area contributed by atoms with Gasteiger partial charge in [-0.05, 0) is 18.9 Å². The van der Waals surface area contributed by atoms with Gasteiger partial charge >= 0.3 is 18.1 Å². The number of nitrogens with two attached hydrogens (primary N) is 1. The maximum atomic E-state index is 12.3. The summed E-state index contributed by atoms with van der Waals surface area (Å²) in [5.74, 6) is -1.88. The van der Waals surface area contributed by atoms with E-state index in [4.69, 9.17) is 5.73 Å². The normalized spacial score (nSPS) is 17.2. The zero-order valence-electron chi connectivity index (χ0n) is 10.4. The standard InChI is InChI=1S/C11H13F3N4O2/c12-11(13,14)9(19)17-4-1-7(2-5-17)8-3-6-18(16-8)10(15)20/h3,6-7H,1-2,4-5H2,(H2,15,20). The third-order valence-corrected chi connectivity index (χ3v) is 3.28. The molecule has 6 nitrogen and oxygen atoms in total. The average molecular weight is 290 g/mol. The molecule has 0 radical (unpaired) electrons. The van der Waals surface area contributed by atoms with Crippen molar-refractivity contribution < 1.29 is 22.8 Å². The number of carbonyl (C=O) groups excluding carboxylic acids is 2. The Balaban J connectivity index is 1.97. The number of rotatable bonds is 1. The van der Waals surface area contributed by atoms with E-state index in [0.29, 0.717) is 18.5 Å². The molecule has 1 aliphatic heterocycles. The van der Waals surface area contributed by atoms with E-state index in [0.717, 1.165) is 9.58 Å². The van der Waals surface area contributed by atoms with Gasteiger partial charge in [0.05, 0.1) is 5.69 Å². The number of piperidine rings is 1. The molecule has 2 rings (SSSR count). The largest absolute Gasteiger partial charge is 0.471 e. The van der Waals surface area contributed by atoms with Crippen molar-refractivity contribution in [2.75, 3.05) is 13.1 Å². The number of carbonyl (C=O) groups is 2. The van der Waals surface area contributed by atoms with Gasteiger partial charge in [-0.1, -0.05) is 0 Å². The Morgan fingerprint density at radius 2 is 1.90 bits per heavy atom. The monoisotopic (exact) mass is 290 g/mol. The van der Waals surface area contributed by atoms with Crippen molar-refractivity contribution in [2.45, 2.75) is 24.9 Å². The third kappa shape index (κ3) is 2.91. The number of halogens is 3. The number of hydrogen-bond donors (Lipinski definition) is 1. The second-order valence-electron chi connectivity index (χ2n) is 4.59. The molecule has 0 aromatic carbocycles. The van der Waals surface area contributed by atoms with Crippen molar-refractivity contribution in [3.63, 3.8) is 0 Å². The molecule has 0 bridgehead atoms. The molecule has 1 fully saturated rings. The Morgan fingerprint density at radius 3 is 2.35 bits per heavy atom. The summed E-state index contributed by atoms with van der Waals surface area (Å²) in [6.07, 6.45) is -2.68. The van der Waals surface area contributed by atoms with Gasteiger partial charge in [0.15, 0.2) is 0 Å². The van der Waals surface area contributed by atoms with Crippen LogP contribution in [0.5, 0.6) is 0 Å². The lowest BCUT2D eigenvalue weighted by molar-refractivity contribution is -0.186. The van der Waals surface area contributed by atoms with Crippen molar-refractivity contribution in [1.82, 2.24) is 14.7 Å². The number of alkyl halides is 3. The van der Waals surface area contributed by atoms with Crippen LogP contribution in [0.15, 0.2) is 12.3 Å². The number of hydrogen-bond acceptors (Lipinski definition) is 3. The van der Waals surface area contributed by atoms with E-state index in [1.54, 1.807) is 6.07 Å². The van der Waals surface area contributed by atoms with Crippen LogP contribution in [0.1, 0.15) is 24.5 Å². The zero-order chi connectivity index (χ0) is 14.9. The van der Waals surface area contributed by atoms with Crippen molar-refractivity contribution in [3.05, 3.63) is 18.0 Å². The topological polar surface area (TPSA) is 81.2 Å². The van der Waals surface area contributed by atoms with Crippen LogP contribution < -0.4 is 5.73 Å². The molecule has 1 aliphatic rings. The molecule has 20 heavy (non-hydrogen) atoms. The summed E-state index contributed by atoms with van der Waals surface area (Å²) in [6.45, 7) is 0.0406. The Kier molecular flexibility index (Phi) is 3.69. The zero-order valence-corrected chi connectivity index (χ0v) is 10.4. The summed E-state index contributed by atoms with van der Waals surface area (Å²) >= 11 is 0. The minimum Gasteiger partial charge on any atom is -0.350 e. The van der Waals surface area contributed by atoms with E-state index in [9.17, 15) is 22.8 Å². The minimum atomic E-state index is -4.83. The highest BCUT2D eigenvalue weighted by molar-refractivity contribution is 5.81. The molecule has 1 saturated heterocycles. The fourth-order valence-electron chi connectivity index (χ4n) is 2.24. The van der Waals surface area contributed by atoms with E-state index in [2.05, 4.69) is 5.10 Å². The van der Waals surface area contributed by atoms with Gasteiger partial charge in [0.1, 0.15) is 0 Å². The maximum absolute atomic E-state index is 12.3. The van der Waals surface area contributed by atoms with Crippen molar-refractivity contribution in [1.29, 1.82) is 0 Å². The van der Waals surface area contributed by atoms with Gasteiger partial charge in [-0.3, -0.25) is 4.79 Å². The number of nitrogens with zero attached hydrogens (tertiary/aromatic N) is 3. The Hall–Kier alpha value is -2.06. The van der Waals surface area contributed by atoms with Crippen molar-refractivity contribution in [3.8, 4) is 0 Å². The molecule has 2 heterocycles. The highest BCUT2D eigenvalue weighted by Gasteiger charge is 2.43. The molecule has 0 saturated carbocycles. The van der Waals surface area contributed by atoms with E-state index < -0.39 is 18.1 Å². The summed E-state index contributed by atoms with van der Waals surface area (Å²) < 4.78 is 37.8. The third-order valence-electron chi connectivity index (χ3n) is 3.28. The smallest absolute Gasteiger partial charge is 0.350 e. The highest BCUT2D eigenvalue weighted by Crippen LogP contribution is 2.29. The van der Waals surface area contributed by atoms with Gasteiger partial charge in [-0.25, -0.2) is 4.79 Å².